The highest BCUT2D eigenvalue weighted by Crippen LogP contribution is 2.29. The van der Waals surface area contributed by atoms with Crippen molar-refractivity contribution in [2.75, 3.05) is 26.7 Å². The highest BCUT2D eigenvalue weighted by molar-refractivity contribution is 5.92. The van der Waals surface area contributed by atoms with Gasteiger partial charge in [0.15, 0.2) is 0 Å². The van der Waals surface area contributed by atoms with Crippen LogP contribution in [0.2, 0.25) is 0 Å². The largest absolute Gasteiger partial charge is 0.390 e. The van der Waals surface area contributed by atoms with Gasteiger partial charge in [0.25, 0.3) is 5.91 Å². The number of rotatable bonds is 8. The molecule has 1 aliphatic heterocycles. The predicted octanol–water partition coefficient (Wildman–Crippen LogP) is 2.21. The van der Waals surface area contributed by atoms with Gasteiger partial charge in [-0.05, 0) is 61.6 Å². The SMILES string of the molecule is CC(=O)N(C)C1CCC(Cc2cc(C(=O)NC[C@H](O)CN3CCc4ccccc4C3)ncn2)CC1. The zero-order valence-corrected chi connectivity index (χ0v) is 20.8. The van der Waals surface area contributed by atoms with Crippen LogP contribution in [0, 0.1) is 5.92 Å². The first-order valence-corrected chi connectivity index (χ1v) is 12.7. The summed E-state index contributed by atoms with van der Waals surface area (Å²) in [5, 5.41) is 13.3. The van der Waals surface area contributed by atoms with E-state index in [9.17, 15) is 14.7 Å². The summed E-state index contributed by atoms with van der Waals surface area (Å²) in [5.74, 6) is 0.323. The number of aromatic nitrogens is 2. The summed E-state index contributed by atoms with van der Waals surface area (Å²) in [6, 6.07) is 10.5. The number of fused-ring (bicyclic) bond motifs is 1. The van der Waals surface area contributed by atoms with Crippen molar-refractivity contribution in [3.05, 3.63) is 59.2 Å². The lowest BCUT2D eigenvalue weighted by Gasteiger charge is -2.34. The molecule has 1 aromatic heterocycles. The molecule has 1 aromatic carbocycles. The van der Waals surface area contributed by atoms with Crippen LogP contribution >= 0.6 is 0 Å². The molecule has 0 bridgehead atoms. The van der Waals surface area contributed by atoms with Crippen molar-refractivity contribution in [3.8, 4) is 0 Å². The second-order valence-corrected chi connectivity index (χ2v) is 10.0. The number of β-amino-alcohol motifs (C(OH)–C–C–N with tert-alkyl or cyclic N) is 1. The van der Waals surface area contributed by atoms with Gasteiger partial charge in [0.2, 0.25) is 5.91 Å². The number of hydrogen-bond acceptors (Lipinski definition) is 6. The Kier molecular flexibility index (Phi) is 8.46. The first kappa shape index (κ1) is 25.3. The third kappa shape index (κ3) is 6.86. The van der Waals surface area contributed by atoms with Crippen LogP contribution in [-0.2, 0) is 24.2 Å². The lowest BCUT2D eigenvalue weighted by atomic mass is 9.83. The summed E-state index contributed by atoms with van der Waals surface area (Å²) >= 11 is 0. The molecule has 1 fully saturated rings. The molecule has 188 valence electrons. The fourth-order valence-corrected chi connectivity index (χ4v) is 5.30. The van der Waals surface area contributed by atoms with Crippen molar-refractivity contribution in [3.63, 3.8) is 0 Å². The Morgan fingerprint density at radius 2 is 1.91 bits per heavy atom. The molecule has 8 heteroatoms. The quantitative estimate of drug-likeness (QED) is 0.602. The fourth-order valence-electron chi connectivity index (χ4n) is 5.30. The molecule has 1 atom stereocenters. The van der Waals surface area contributed by atoms with Crippen LogP contribution < -0.4 is 5.32 Å². The van der Waals surface area contributed by atoms with E-state index in [0.717, 1.165) is 57.3 Å². The monoisotopic (exact) mass is 479 g/mol. The zero-order chi connectivity index (χ0) is 24.8. The molecule has 8 nitrogen and oxygen atoms in total. The second kappa shape index (κ2) is 11.7. The van der Waals surface area contributed by atoms with Crippen LogP contribution in [0.15, 0.2) is 36.7 Å². The normalized spacial score (nSPS) is 21.1. The number of aliphatic hydroxyl groups is 1. The van der Waals surface area contributed by atoms with E-state index < -0.39 is 6.10 Å². The van der Waals surface area contributed by atoms with E-state index in [2.05, 4.69) is 38.4 Å². The fraction of sp³-hybridized carbons (Fsp3) is 0.556. The molecule has 0 radical (unpaired) electrons. The van der Waals surface area contributed by atoms with Gasteiger partial charge in [0, 0.05) is 51.9 Å². The van der Waals surface area contributed by atoms with Gasteiger partial charge in [-0.1, -0.05) is 24.3 Å². The van der Waals surface area contributed by atoms with Crippen LogP contribution in [0.1, 0.15) is 59.9 Å². The van der Waals surface area contributed by atoms with E-state index in [0.29, 0.717) is 24.2 Å². The molecule has 1 saturated carbocycles. The molecule has 1 aliphatic carbocycles. The molecule has 2 aliphatic rings. The third-order valence-corrected chi connectivity index (χ3v) is 7.49. The van der Waals surface area contributed by atoms with E-state index in [-0.39, 0.29) is 18.4 Å². The van der Waals surface area contributed by atoms with E-state index in [1.54, 1.807) is 13.0 Å². The molecule has 2 aromatic rings. The Hall–Kier alpha value is -2.84. The van der Waals surface area contributed by atoms with Crippen LogP contribution in [-0.4, -0.2) is 75.5 Å². The van der Waals surface area contributed by atoms with Crippen molar-refractivity contribution < 1.29 is 14.7 Å². The van der Waals surface area contributed by atoms with Crippen LogP contribution in [0.25, 0.3) is 0 Å². The number of amides is 2. The maximum Gasteiger partial charge on any atom is 0.270 e. The van der Waals surface area contributed by atoms with Crippen LogP contribution in [0.5, 0.6) is 0 Å². The third-order valence-electron chi connectivity index (χ3n) is 7.49. The van der Waals surface area contributed by atoms with Gasteiger partial charge in [-0.25, -0.2) is 9.97 Å². The van der Waals surface area contributed by atoms with Crippen molar-refractivity contribution >= 4 is 11.8 Å². The average Bonchev–Trinajstić information content (AvgIpc) is 2.87. The summed E-state index contributed by atoms with van der Waals surface area (Å²) in [6.07, 6.45) is 6.67. The van der Waals surface area contributed by atoms with E-state index >= 15 is 0 Å². The molecular formula is C27H37N5O3. The first-order chi connectivity index (χ1) is 16.9. The lowest BCUT2D eigenvalue weighted by molar-refractivity contribution is -0.130. The van der Waals surface area contributed by atoms with Gasteiger partial charge in [-0.15, -0.1) is 0 Å². The maximum atomic E-state index is 12.7. The number of benzene rings is 1. The minimum atomic E-state index is -0.645. The molecule has 35 heavy (non-hydrogen) atoms. The number of carbonyl (C=O) groups is 2. The Labute approximate surface area is 207 Å². The number of carbonyl (C=O) groups excluding carboxylic acids is 2. The molecule has 4 rings (SSSR count). The number of nitrogens with zero attached hydrogens (tertiary/aromatic N) is 4. The topological polar surface area (TPSA) is 98.7 Å². The van der Waals surface area contributed by atoms with Gasteiger partial charge < -0.3 is 15.3 Å². The molecular weight excluding hydrogens is 442 g/mol. The minimum Gasteiger partial charge on any atom is -0.390 e. The van der Waals surface area contributed by atoms with E-state index in [1.807, 2.05) is 18.0 Å². The summed E-state index contributed by atoms with van der Waals surface area (Å²) in [5.41, 5.74) is 3.88. The van der Waals surface area contributed by atoms with E-state index in [1.165, 1.54) is 17.5 Å². The molecule has 0 spiro atoms. The van der Waals surface area contributed by atoms with Gasteiger partial charge in [-0.2, -0.15) is 0 Å². The number of nitrogens with one attached hydrogen (secondary N) is 1. The highest BCUT2D eigenvalue weighted by Gasteiger charge is 2.26. The smallest absolute Gasteiger partial charge is 0.270 e. The molecule has 2 N–H and O–H groups in total. The molecule has 2 amide bonds. The second-order valence-electron chi connectivity index (χ2n) is 10.0. The van der Waals surface area contributed by atoms with Crippen molar-refractivity contribution in [1.29, 1.82) is 0 Å². The average molecular weight is 480 g/mol. The molecule has 2 heterocycles. The Morgan fingerprint density at radius 3 is 2.66 bits per heavy atom. The van der Waals surface area contributed by atoms with Gasteiger partial charge in [0.05, 0.1) is 6.10 Å². The van der Waals surface area contributed by atoms with Gasteiger partial charge >= 0.3 is 0 Å². The summed E-state index contributed by atoms with van der Waals surface area (Å²) in [6.45, 7) is 4.05. The van der Waals surface area contributed by atoms with Crippen molar-refractivity contribution in [1.82, 2.24) is 25.1 Å². The van der Waals surface area contributed by atoms with Crippen LogP contribution in [0.4, 0.5) is 0 Å². The standard InChI is InChI=1S/C27H37N5O3/c1-19(33)31(2)24-9-7-20(8-10-24)13-23-14-26(30-18-29-23)27(35)28-15-25(34)17-32-12-11-21-5-3-4-6-22(21)16-32/h3-6,14,18,20,24-25,34H,7-13,15-17H2,1-2H3,(H,28,35)/t20?,24?,25-/m0/s1. The Balaban J connectivity index is 1.22. The van der Waals surface area contributed by atoms with Gasteiger partial charge in [-0.3, -0.25) is 14.5 Å². The summed E-state index contributed by atoms with van der Waals surface area (Å²) < 4.78 is 0. The van der Waals surface area contributed by atoms with Gasteiger partial charge in [0.1, 0.15) is 12.0 Å². The highest BCUT2D eigenvalue weighted by atomic mass is 16.3. The first-order valence-electron chi connectivity index (χ1n) is 12.7. The number of hydrogen-bond donors (Lipinski definition) is 2. The Bertz CT molecular complexity index is 1020. The van der Waals surface area contributed by atoms with Crippen molar-refractivity contribution in [2.24, 2.45) is 5.92 Å². The molecule has 0 saturated heterocycles. The summed E-state index contributed by atoms with van der Waals surface area (Å²) in [7, 11) is 1.88. The maximum absolute atomic E-state index is 12.7. The minimum absolute atomic E-state index is 0.117. The molecule has 0 unspecified atom stereocenters. The predicted molar refractivity (Wildman–Crippen MR) is 134 cm³/mol. The van der Waals surface area contributed by atoms with Crippen LogP contribution in [0.3, 0.4) is 0 Å². The Morgan fingerprint density at radius 1 is 1.17 bits per heavy atom. The summed E-state index contributed by atoms with van der Waals surface area (Å²) in [4.78, 5) is 36.9. The lowest BCUT2D eigenvalue weighted by Crippen LogP contribution is -2.42. The van der Waals surface area contributed by atoms with E-state index in [4.69, 9.17) is 0 Å². The zero-order valence-electron chi connectivity index (χ0n) is 20.8. The number of aliphatic hydroxyl groups excluding tert-OH is 1. The van der Waals surface area contributed by atoms with Crippen molar-refractivity contribution in [2.45, 2.75) is 64.1 Å².